The van der Waals surface area contributed by atoms with E-state index < -0.39 is 19.7 Å². The Morgan fingerprint density at radius 2 is 1.17 bits per heavy atom. The van der Waals surface area contributed by atoms with Crippen LogP contribution >= 0.6 is 0 Å². The number of aromatic nitrogens is 10. The fourth-order valence-electron chi connectivity index (χ4n) is 8.37. The number of hydrogen-bond donors (Lipinski definition) is 2. The molecule has 3 N–H and O–H groups in total. The van der Waals surface area contributed by atoms with Gasteiger partial charge in [0.2, 0.25) is 0 Å². The van der Waals surface area contributed by atoms with Crippen LogP contribution in [-0.4, -0.2) is 121 Å². The molecule has 2 saturated heterocycles. The highest BCUT2D eigenvalue weighted by molar-refractivity contribution is 7.91. The fourth-order valence-corrected chi connectivity index (χ4v) is 10.8. The number of carbonyl (C=O) groups is 1. The van der Waals surface area contributed by atoms with Crippen LogP contribution in [0, 0.1) is 0 Å². The Balaban J connectivity index is 0.000000151. The monoisotopic (exact) mass is 897 g/mol. The molecule has 0 saturated carbocycles. The molecular formula is C44H43N13O5S2. The van der Waals surface area contributed by atoms with Gasteiger partial charge in [0, 0.05) is 83.7 Å². The van der Waals surface area contributed by atoms with Gasteiger partial charge in [0.25, 0.3) is 0 Å². The highest BCUT2D eigenvalue weighted by Gasteiger charge is 2.30. The van der Waals surface area contributed by atoms with Gasteiger partial charge in [-0.1, -0.05) is 50.2 Å². The number of benzene rings is 2. The molecule has 326 valence electrons. The number of nitrogens with two attached hydrogens (primary N) is 1. The topological polar surface area (TPSA) is 233 Å². The average Bonchev–Trinajstić information content (AvgIpc) is 4.06. The third-order valence-electron chi connectivity index (χ3n) is 11.9. The molecule has 0 spiro atoms. The number of sulfone groups is 2. The Labute approximate surface area is 367 Å². The number of aromatic amines is 1. The van der Waals surface area contributed by atoms with Crippen LogP contribution in [0.25, 0.3) is 66.4 Å². The van der Waals surface area contributed by atoms with E-state index in [1.807, 2.05) is 70.6 Å². The van der Waals surface area contributed by atoms with Gasteiger partial charge in [0.05, 0.1) is 51.8 Å². The van der Waals surface area contributed by atoms with E-state index in [1.165, 1.54) is 4.52 Å². The molecule has 9 aromatic rings. The van der Waals surface area contributed by atoms with E-state index in [1.54, 1.807) is 30.0 Å². The first-order valence-electron chi connectivity index (χ1n) is 21.0. The van der Waals surface area contributed by atoms with Gasteiger partial charge in [-0.25, -0.2) is 26.8 Å². The molecule has 2 aliphatic rings. The lowest BCUT2D eigenvalue weighted by Crippen LogP contribution is -2.41. The zero-order valence-electron chi connectivity index (χ0n) is 35.0. The second kappa shape index (κ2) is 15.9. The third-order valence-corrected chi connectivity index (χ3v) is 15.1. The number of para-hydroxylation sites is 2. The molecule has 0 bridgehead atoms. The van der Waals surface area contributed by atoms with E-state index in [0.717, 1.165) is 67.4 Å². The average molecular weight is 898 g/mol. The van der Waals surface area contributed by atoms with E-state index in [0.29, 0.717) is 35.8 Å². The molecule has 9 heterocycles. The number of anilines is 3. The number of hydrogen-bond acceptors (Lipinski definition) is 15. The molecule has 0 aliphatic carbocycles. The number of pyridine rings is 2. The zero-order valence-corrected chi connectivity index (χ0v) is 36.6. The second-order valence-electron chi connectivity index (χ2n) is 15.9. The zero-order chi connectivity index (χ0) is 44.3. The first-order chi connectivity index (χ1) is 30.9. The summed E-state index contributed by atoms with van der Waals surface area (Å²) in [6, 6.07) is 19.9. The Morgan fingerprint density at radius 1 is 0.672 bits per heavy atom. The van der Waals surface area contributed by atoms with Crippen LogP contribution in [0.1, 0.15) is 36.3 Å². The summed E-state index contributed by atoms with van der Waals surface area (Å²) < 4.78 is 51.1. The van der Waals surface area contributed by atoms with Crippen LogP contribution in [0.5, 0.6) is 0 Å². The number of carbonyl (C=O) groups excluding carboxylic acids is 1. The van der Waals surface area contributed by atoms with Crippen molar-refractivity contribution in [1.82, 2.24) is 49.4 Å². The van der Waals surface area contributed by atoms with Crippen LogP contribution in [-0.2, 0) is 26.1 Å². The standard InChI is InChI=1S/C22H21N7O2S.C22H22N6O3S/c1-2-17-19-21(28-7-9-32(30,31)10-8-28)25-20-16(13-24-29(20)22(19)27-26-17)15-11-14-5-3-4-6-18(14)23-12-15;1-2-18(29)19-20(23)28-21(26-22(19)27-7-9-32(30,31)10-8-27)16(13-25-28)15-11-14-5-3-4-6-17(14)24-12-15/h3-6,11-13H,2,7-10H2,1H3,(H,26,27);3-6,11-13H,2,7-10,23H2,1H3. The Hall–Kier alpha value is -7.06. The second-order valence-corrected chi connectivity index (χ2v) is 20.5. The molecule has 20 heteroatoms. The van der Waals surface area contributed by atoms with E-state index in [2.05, 4.69) is 43.4 Å². The number of nitrogen functional groups attached to an aromatic ring is 1. The van der Waals surface area contributed by atoms with Crippen LogP contribution in [0.4, 0.5) is 17.5 Å². The first-order valence-corrected chi connectivity index (χ1v) is 24.6. The van der Waals surface area contributed by atoms with Crippen molar-refractivity contribution in [1.29, 1.82) is 0 Å². The Bertz CT molecular complexity index is 3520. The van der Waals surface area contributed by atoms with E-state index in [-0.39, 0.29) is 59.7 Å². The molecule has 2 fully saturated rings. The summed E-state index contributed by atoms with van der Waals surface area (Å²) in [4.78, 5) is 35.6. The molecule has 0 radical (unpaired) electrons. The molecule has 64 heavy (non-hydrogen) atoms. The predicted octanol–water partition coefficient (Wildman–Crippen LogP) is 4.97. The lowest BCUT2D eigenvalue weighted by molar-refractivity contribution is 0.0988. The number of fused-ring (bicyclic) bond motifs is 6. The number of Topliss-reactive ketones (excluding diaryl/α,β-unsaturated/α-hetero) is 1. The number of nitrogens with one attached hydrogen (secondary N) is 1. The van der Waals surface area contributed by atoms with Crippen molar-refractivity contribution in [3.63, 3.8) is 0 Å². The fraction of sp³-hybridized carbons (Fsp3) is 0.273. The van der Waals surface area contributed by atoms with Crippen molar-refractivity contribution in [3.05, 3.63) is 96.7 Å². The Kier molecular flexibility index (Phi) is 10.2. The summed E-state index contributed by atoms with van der Waals surface area (Å²) in [6.45, 7) is 5.15. The van der Waals surface area contributed by atoms with Gasteiger partial charge < -0.3 is 15.5 Å². The molecule has 2 aliphatic heterocycles. The Morgan fingerprint density at radius 3 is 1.72 bits per heavy atom. The first kappa shape index (κ1) is 41.0. The highest BCUT2D eigenvalue weighted by Crippen LogP contribution is 2.35. The third kappa shape index (κ3) is 7.30. The SMILES string of the molecule is CCC(=O)c1c(N2CCS(=O)(=O)CC2)nc2c(-c3cnc4ccccc4c3)cnn2c1N.CCc1[nH]nc2c1c(N1CCS(=O)(=O)CC1)nc1c(-c3cnc4ccccc4c3)cnn12. The number of aryl methyl sites for hydroxylation is 1. The summed E-state index contributed by atoms with van der Waals surface area (Å²) in [5.41, 5.74) is 14.7. The number of H-pyrrole nitrogens is 1. The molecule has 18 nitrogen and oxygen atoms in total. The lowest BCUT2D eigenvalue weighted by Gasteiger charge is -2.29. The largest absolute Gasteiger partial charge is 0.383 e. The van der Waals surface area contributed by atoms with Crippen molar-refractivity contribution < 1.29 is 21.6 Å². The molecular weight excluding hydrogens is 855 g/mol. The maximum absolute atomic E-state index is 12.8. The van der Waals surface area contributed by atoms with E-state index >= 15 is 0 Å². The van der Waals surface area contributed by atoms with Gasteiger partial charge in [-0.3, -0.25) is 19.9 Å². The van der Waals surface area contributed by atoms with Crippen LogP contribution in [0.2, 0.25) is 0 Å². The minimum Gasteiger partial charge on any atom is -0.383 e. The van der Waals surface area contributed by atoms with Gasteiger partial charge in [0.15, 0.2) is 42.4 Å². The summed E-state index contributed by atoms with van der Waals surface area (Å²) in [7, 11) is -6.09. The lowest BCUT2D eigenvalue weighted by atomic mass is 10.1. The minimum absolute atomic E-state index is 0.0141. The summed E-state index contributed by atoms with van der Waals surface area (Å²) in [6.07, 6.45) is 8.05. The quantitative estimate of drug-likeness (QED) is 0.201. The van der Waals surface area contributed by atoms with Gasteiger partial charge >= 0.3 is 0 Å². The number of nitrogens with zero attached hydrogens (tertiary/aromatic N) is 11. The van der Waals surface area contributed by atoms with E-state index in [9.17, 15) is 21.6 Å². The van der Waals surface area contributed by atoms with Gasteiger partial charge in [-0.05, 0) is 30.7 Å². The molecule has 0 amide bonds. The van der Waals surface area contributed by atoms with Gasteiger partial charge in [-0.2, -0.15) is 24.3 Å². The van der Waals surface area contributed by atoms with Crippen molar-refractivity contribution in [2.75, 3.05) is 64.7 Å². The number of ketones is 1. The molecule has 11 rings (SSSR count). The van der Waals surface area contributed by atoms with Gasteiger partial charge in [0.1, 0.15) is 23.0 Å². The summed E-state index contributed by atoms with van der Waals surface area (Å²) in [5, 5.41) is 19.6. The molecule has 7 aromatic heterocycles. The summed E-state index contributed by atoms with van der Waals surface area (Å²) >= 11 is 0. The molecule has 2 aromatic carbocycles. The maximum Gasteiger partial charge on any atom is 0.188 e. The minimum atomic E-state index is -3.09. The molecule has 0 atom stereocenters. The molecule has 0 unspecified atom stereocenters. The van der Waals surface area contributed by atoms with Crippen molar-refractivity contribution in [2.45, 2.75) is 26.7 Å². The highest BCUT2D eigenvalue weighted by atomic mass is 32.2. The van der Waals surface area contributed by atoms with E-state index in [4.69, 9.17) is 15.7 Å². The number of rotatable bonds is 7. The van der Waals surface area contributed by atoms with Crippen molar-refractivity contribution in [2.24, 2.45) is 0 Å². The van der Waals surface area contributed by atoms with Gasteiger partial charge in [-0.15, -0.1) is 0 Å². The van der Waals surface area contributed by atoms with Crippen LogP contribution < -0.4 is 15.5 Å². The van der Waals surface area contributed by atoms with Crippen molar-refractivity contribution in [3.8, 4) is 22.3 Å². The predicted molar refractivity (Wildman–Crippen MR) is 247 cm³/mol. The maximum atomic E-state index is 12.8. The van der Waals surface area contributed by atoms with Crippen molar-refractivity contribution >= 4 is 87.0 Å². The summed E-state index contributed by atoms with van der Waals surface area (Å²) in [5.74, 6) is 1.48. The van der Waals surface area contributed by atoms with Crippen LogP contribution in [0.15, 0.2) is 85.5 Å². The normalized spacial score (nSPS) is 16.2. The van der Waals surface area contributed by atoms with Crippen LogP contribution in [0.3, 0.4) is 0 Å². The smallest absolute Gasteiger partial charge is 0.188 e.